The summed E-state index contributed by atoms with van der Waals surface area (Å²) < 4.78 is 39.2. The first-order chi connectivity index (χ1) is 13.0. The second kappa shape index (κ2) is 8.67. The van der Waals surface area contributed by atoms with Gasteiger partial charge in [-0.05, 0) is 25.3 Å². The maximum Gasteiger partial charge on any atom is 0.410 e. The molecule has 8 heteroatoms. The number of hydrogen-bond acceptors (Lipinski definition) is 5. The van der Waals surface area contributed by atoms with Crippen LogP contribution in [0.2, 0.25) is 0 Å². The summed E-state index contributed by atoms with van der Waals surface area (Å²) in [7, 11) is 0. The van der Waals surface area contributed by atoms with Gasteiger partial charge in [-0.1, -0.05) is 6.07 Å². The fourth-order valence-corrected chi connectivity index (χ4v) is 3.67. The van der Waals surface area contributed by atoms with Crippen molar-refractivity contribution in [2.75, 3.05) is 13.1 Å². The molecule has 3 rings (SSSR count). The van der Waals surface area contributed by atoms with Crippen molar-refractivity contribution < 1.29 is 23.0 Å². The topological polar surface area (TPSA) is 50.8 Å². The van der Waals surface area contributed by atoms with Gasteiger partial charge in [-0.15, -0.1) is 11.3 Å². The third-order valence-corrected chi connectivity index (χ3v) is 5.31. The molecule has 5 nitrogen and oxygen atoms in total. The van der Waals surface area contributed by atoms with Crippen molar-refractivity contribution in [2.24, 2.45) is 0 Å². The molecule has 1 saturated heterocycles. The molecule has 146 valence electrons. The van der Waals surface area contributed by atoms with Crippen LogP contribution in [0.15, 0.2) is 29.6 Å². The number of amides is 1. The number of nitrogens with zero attached hydrogens (tertiary/aromatic N) is 1. The molecular formula is C19H22F2N2O3S. The Morgan fingerprint density at radius 3 is 2.48 bits per heavy atom. The van der Waals surface area contributed by atoms with Gasteiger partial charge in [0.1, 0.15) is 30.6 Å². The van der Waals surface area contributed by atoms with E-state index >= 15 is 0 Å². The Balaban J connectivity index is 1.62. The van der Waals surface area contributed by atoms with Crippen molar-refractivity contribution in [1.29, 1.82) is 0 Å². The van der Waals surface area contributed by atoms with E-state index in [1.807, 2.05) is 31.4 Å². The molecule has 0 saturated carbocycles. The molecule has 1 aliphatic heterocycles. The zero-order valence-electron chi connectivity index (χ0n) is 15.2. The lowest BCUT2D eigenvalue weighted by Gasteiger charge is -2.38. The first kappa shape index (κ1) is 19.6. The predicted octanol–water partition coefficient (Wildman–Crippen LogP) is 3.92. The molecule has 0 bridgehead atoms. The summed E-state index contributed by atoms with van der Waals surface area (Å²) in [6.45, 7) is 4.86. The molecule has 0 radical (unpaired) electrons. The summed E-state index contributed by atoms with van der Waals surface area (Å²) in [5.74, 6) is -1.51. The first-order valence-electron chi connectivity index (χ1n) is 8.74. The van der Waals surface area contributed by atoms with Gasteiger partial charge in [-0.2, -0.15) is 0 Å². The Morgan fingerprint density at radius 2 is 1.89 bits per heavy atom. The van der Waals surface area contributed by atoms with E-state index in [1.54, 1.807) is 4.90 Å². The minimum Gasteiger partial charge on any atom is -0.488 e. The second-order valence-corrected chi connectivity index (χ2v) is 7.58. The predicted molar refractivity (Wildman–Crippen MR) is 98.8 cm³/mol. The number of thiophene rings is 1. The van der Waals surface area contributed by atoms with Crippen LogP contribution < -0.4 is 10.1 Å². The zero-order chi connectivity index (χ0) is 19.4. The van der Waals surface area contributed by atoms with Gasteiger partial charge in [0.2, 0.25) is 0 Å². The lowest BCUT2D eigenvalue weighted by atomic mass is 10.1. The number of piperazine rings is 1. The molecule has 1 aromatic heterocycles. The molecule has 1 amide bonds. The van der Waals surface area contributed by atoms with E-state index < -0.39 is 24.3 Å². The van der Waals surface area contributed by atoms with Crippen molar-refractivity contribution in [3.63, 3.8) is 0 Å². The number of hydrogen-bond donors (Lipinski definition) is 1. The second-order valence-electron chi connectivity index (χ2n) is 6.55. The smallest absolute Gasteiger partial charge is 0.410 e. The number of nitrogens with one attached hydrogen (secondary N) is 1. The highest BCUT2D eigenvalue weighted by Gasteiger charge is 2.30. The van der Waals surface area contributed by atoms with Gasteiger partial charge in [0.05, 0.1) is 5.56 Å². The molecule has 1 aromatic carbocycles. The molecule has 0 unspecified atom stereocenters. The van der Waals surface area contributed by atoms with Crippen molar-refractivity contribution in [3.05, 3.63) is 51.7 Å². The third kappa shape index (κ3) is 4.75. The van der Waals surface area contributed by atoms with E-state index in [9.17, 15) is 13.6 Å². The van der Waals surface area contributed by atoms with Crippen LogP contribution in [-0.4, -0.2) is 36.2 Å². The van der Waals surface area contributed by atoms with Gasteiger partial charge < -0.3 is 19.7 Å². The highest BCUT2D eigenvalue weighted by atomic mass is 32.1. The van der Waals surface area contributed by atoms with Crippen LogP contribution in [0.4, 0.5) is 13.6 Å². The summed E-state index contributed by atoms with van der Waals surface area (Å²) in [5, 5.41) is 5.11. The van der Waals surface area contributed by atoms with Gasteiger partial charge in [-0.3, -0.25) is 0 Å². The quantitative estimate of drug-likeness (QED) is 0.832. The lowest BCUT2D eigenvalue weighted by molar-refractivity contribution is 0.0551. The van der Waals surface area contributed by atoms with Crippen LogP contribution in [-0.2, 0) is 18.0 Å². The van der Waals surface area contributed by atoms with Crippen molar-refractivity contribution in [3.8, 4) is 5.75 Å². The molecule has 0 aliphatic carbocycles. The standard InChI is InChI=1S/C19H22F2N2O3S/c1-12-8-22-9-13(2)23(12)19(24)26-11-16-17(20)6-14(7-18(16)21)25-10-15-4-3-5-27-15/h3-7,12-13,22H,8-11H2,1-2H3/t12-,13+. The monoisotopic (exact) mass is 396 g/mol. The fraction of sp³-hybridized carbons (Fsp3) is 0.421. The molecule has 1 N–H and O–H groups in total. The molecule has 0 spiro atoms. The van der Waals surface area contributed by atoms with Crippen LogP contribution in [0, 0.1) is 11.6 Å². The molecular weight excluding hydrogens is 374 g/mol. The number of rotatable bonds is 5. The van der Waals surface area contributed by atoms with Crippen molar-refractivity contribution in [1.82, 2.24) is 10.2 Å². The highest BCUT2D eigenvalue weighted by Crippen LogP contribution is 2.23. The average Bonchev–Trinajstić information content (AvgIpc) is 3.12. The maximum absolute atomic E-state index is 14.3. The molecule has 1 fully saturated rings. The summed E-state index contributed by atoms with van der Waals surface area (Å²) in [4.78, 5) is 14.9. The summed E-state index contributed by atoms with van der Waals surface area (Å²) >= 11 is 1.50. The van der Waals surface area contributed by atoms with Crippen LogP contribution in [0.25, 0.3) is 0 Å². The molecule has 27 heavy (non-hydrogen) atoms. The van der Waals surface area contributed by atoms with Crippen LogP contribution in [0.1, 0.15) is 24.3 Å². The molecule has 2 aromatic rings. The number of carbonyl (C=O) groups is 1. The van der Waals surface area contributed by atoms with E-state index in [0.29, 0.717) is 13.1 Å². The highest BCUT2D eigenvalue weighted by molar-refractivity contribution is 7.09. The maximum atomic E-state index is 14.3. The molecule has 1 aliphatic rings. The average molecular weight is 396 g/mol. The van der Waals surface area contributed by atoms with Crippen LogP contribution in [0.3, 0.4) is 0 Å². The van der Waals surface area contributed by atoms with Gasteiger partial charge in [0.15, 0.2) is 0 Å². The van der Waals surface area contributed by atoms with E-state index in [2.05, 4.69) is 5.32 Å². The van der Waals surface area contributed by atoms with Crippen LogP contribution >= 0.6 is 11.3 Å². The minimum absolute atomic E-state index is 0.0519. The van der Waals surface area contributed by atoms with E-state index in [1.165, 1.54) is 11.3 Å². The number of ether oxygens (including phenoxy) is 2. The summed E-state index contributed by atoms with van der Waals surface area (Å²) in [6.07, 6.45) is -0.576. The van der Waals surface area contributed by atoms with Gasteiger partial charge in [0.25, 0.3) is 0 Å². The lowest BCUT2D eigenvalue weighted by Crippen LogP contribution is -2.57. The Hall–Kier alpha value is -2.19. The zero-order valence-corrected chi connectivity index (χ0v) is 16.0. The van der Waals surface area contributed by atoms with Gasteiger partial charge in [0, 0.05) is 42.2 Å². The van der Waals surface area contributed by atoms with Crippen molar-refractivity contribution in [2.45, 2.75) is 39.1 Å². The number of benzene rings is 1. The Labute approximate surface area is 160 Å². The Morgan fingerprint density at radius 1 is 1.22 bits per heavy atom. The Kier molecular flexibility index (Phi) is 6.28. The van der Waals surface area contributed by atoms with E-state index in [4.69, 9.17) is 9.47 Å². The van der Waals surface area contributed by atoms with E-state index in [-0.39, 0.29) is 30.0 Å². The number of halogens is 2. The SMILES string of the molecule is C[C@@H]1CNC[C@H](C)N1C(=O)OCc1c(F)cc(OCc2cccs2)cc1F. The van der Waals surface area contributed by atoms with Crippen molar-refractivity contribution >= 4 is 17.4 Å². The first-order valence-corrected chi connectivity index (χ1v) is 9.62. The van der Waals surface area contributed by atoms with Gasteiger partial charge >= 0.3 is 6.09 Å². The largest absolute Gasteiger partial charge is 0.488 e. The molecule has 2 atom stereocenters. The number of carbonyl (C=O) groups excluding carboxylic acids is 1. The van der Waals surface area contributed by atoms with E-state index in [0.717, 1.165) is 17.0 Å². The van der Waals surface area contributed by atoms with Gasteiger partial charge in [-0.25, -0.2) is 13.6 Å². The third-order valence-electron chi connectivity index (χ3n) is 4.46. The molecule has 2 heterocycles. The summed E-state index contributed by atoms with van der Waals surface area (Å²) in [5.41, 5.74) is -0.290. The Bertz CT molecular complexity index is 752. The minimum atomic E-state index is -0.801. The summed E-state index contributed by atoms with van der Waals surface area (Å²) in [6, 6.07) is 5.87. The van der Waals surface area contributed by atoms with Crippen LogP contribution in [0.5, 0.6) is 5.75 Å². The normalized spacial score (nSPS) is 19.8. The fourth-order valence-electron chi connectivity index (χ4n) is 3.05.